The van der Waals surface area contributed by atoms with Crippen molar-refractivity contribution in [1.29, 1.82) is 0 Å². The Hall–Kier alpha value is -2.36. The van der Waals surface area contributed by atoms with E-state index in [2.05, 4.69) is 15.6 Å². The van der Waals surface area contributed by atoms with Crippen molar-refractivity contribution >= 4 is 17.4 Å². The number of pyridine rings is 1. The highest BCUT2D eigenvalue weighted by molar-refractivity contribution is 6.00. The van der Waals surface area contributed by atoms with Gasteiger partial charge in [-0.1, -0.05) is 12.1 Å². The number of amides is 2. The summed E-state index contributed by atoms with van der Waals surface area (Å²) in [6, 6.07) is 11.0. The van der Waals surface area contributed by atoms with E-state index >= 15 is 0 Å². The minimum Gasteiger partial charge on any atom is -0.308 e. The van der Waals surface area contributed by atoms with Gasteiger partial charge in [-0.05, 0) is 43.7 Å². The molecule has 2 rings (SSSR count). The van der Waals surface area contributed by atoms with Crippen LogP contribution in [0.1, 0.15) is 11.3 Å². The Labute approximate surface area is 106 Å². The van der Waals surface area contributed by atoms with E-state index in [0.717, 1.165) is 16.9 Å². The predicted molar refractivity (Wildman–Crippen MR) is 72.8 cm³/mol. The number of aryl methyl sites for hydroxylation is 2. The Bertz CT molecular complexity index is 566. The van der Waals surface area contributed by atoms with Crippen LogP contribution < -0.4 is 10.6 Å². The third kappa shape index (κ3) is 3.07. The zero-order chi connectivity index (χ0) is 13.0. The molecule has 1 heterocycles. The second-order valence-corrected chi connectivity index (χ2v) is 4.08. The molecule has 2 aromatic rings. The summed E-state index contributed by atoms with van der Waals surface area (Å²) in [7, 11) is 0. The molecule has 1 aromatic heterocycles. The molecule has 0 spiro atoms. The quantitative estimate of drug-likeness (QED) is 0.847. The van der Waals surface area contributed by atoms with Gasteiger partial charge in [0.1, 0.15) is 0 Å². The molecule has 0 unspecified atom stereocenters. The van der Waals surface area contributed by atoms with Gasteiger partial charge in [0.25, 0.3) is 0 Å². The molecule has 4 nitrogen and oxygen atoms in total. The normalized spacial score (nSPS) is 9.89. The second kappa shape index (κ2) is 5.31. The molecule has 0 aliphatic rings. The van der Waals surface area contributed by atoms with Crippen molar-refractivity contribution in [3.63, 3.8) is 0 Å². The van der Waals surface area contributed by atoms with Gasteiger partial charge in [0.2, 0.25) is 0 Å². The third-order valence-electron chi connectivity index (χ3n) is 2.53. The first-order chi connectivity index (χ1) is 8.65. The molecule has 92 valence electrons. The fourth-order valence-corrected chi connectivity index (χ4v) is 1.62. The van der Waals surface area contributed by atoms with Crippen molar-refractivity contribution in [3.05, 3.63) is 53.9 Å². The van der Waals surface area contributed by atoms with Crippen molar-refractivity contribution in [2.45, 2.75) is 13.8 Å². The molecule has 0 aliphatic heterocycles. The maximum atomic E-state index is 11.8. The lowest BCUT2D eigenvalue weighted by Gasteiger charge is -2.09. The van der Waals surface area contributed by atoms with Crippen LogP contribution in [0.5, 0.6) is 0 Å². The molecule has 0 fully saturated rings. The summed E-state index contributed by atoms with van der Waals surface area (Å²) in [5.41, 5.74) is 3.37. The molecule has 0 saturated heterocycles. The Morgan fingerprint density at radius 2 is 1.94 bits per heavy atom. The number of benzene rings is 1. The van der Waals surface area contributed by atoms with E-state index in [9.17, 15) is 4.79 Å². The van der Waals surface area contributed by atoms with Crippen LogP contribution in [0.25, 0.3) is 0 Å². The number of aromatic nitrogens is 1. The van der Waals surface area contributed by atoms with E-state index in [1.165, 1.54) is 0 Å². The first kappa shape index (κ1) is 12.1. The molecule has 0 aliphatic carbocycles. The summed E-state index contributed by atoms with van der Waals surface area (Å²) in [6.07, 6.45) is 1.69. The number of anilines is 2. The number of nitrogens with one attached hydrogen (secondary N) is 2. The van der Waals surface area contributed by atoms with Gasteiger partial charge in [0.15, 0.2) is 0 Å². The summed E-state index contributed by atoms with van der Waals surface area (Å²) < 4.78 is 0. The van der Waals surface area contributed by atoms with Crippen molar-refractivity contribution in [3.8, 4) is 0 Å². The molecule has 2 N–H and O–H groups in total. The Morgan fingerprint density at radius 1 is 1.11 bits per heavy atom. The van der Waals surface area contributed by atoms with Gasteiger partial charge in [0.05, 0.1) is 11.4 Å². The van der Waals surface area contributed by atoms with Crippen molar-refractivity contribution in [2.75, 3.05) is 10.6 Å². The van der Waals surface area contributed by atoms with E-state index in [-0.39, 0.29) is 6.03 Å². The van der Waals surface area contributed by atoms with E-state index in [1.807, 2.05) is 44.2 Å². The minimum absolute atomic E-state index is 0.267. The van der Waals surface area contributed by atoms with Crippen LogP contribution in [0.15, 0.2) is 42.6 Å². The molecule has 0 radical (unpaired) electrons. The van der Waals surface area contributed by atoms with E-state index < -0.39 is 0 Å². The van der Waals surface area contributed by atoms with Crippen LogP contribution in [-0.4, -0.2) is 11.0 Å². The predicted octanol–water partition coefficient (Wildman–Crippen LogP) is 3.34. The van der Waals surface area contributed by atoms with Gasteiger partial charge >= 0.3 is 6.03 Å². The summed E-state index contributed by atoms with van der Waals surface area (Å²) >= 11 is 0. The Balaban J connectivity index is 2.03. The van der Waals surface area contributed by atoms with Gasteiger partial charge in [-0.15, -0.1) is 0 Å². The van der Waals surface area contributed by atoms with E-state index in [4.69, 9.17) is 0 Å². The first-order valence-corrected chi connectivity index (χ1v) is 5.71. The molecule has 0 atom stereocenters. The van der Waals surface area contributed by atoms with Crippen LogP contribution in [0.3, 0.4) is 0 Å². The monoisotopic (exact) mass is 241 g/mol. The van der Waals surface area contributed by atoms with Crippen molar-refractivity contribution in [2.24, 2.45) is 0 Å². The lowest BCUT2D eigenvalue weighted by molar-refractivity contribution is 0.262. The first-order valence-electron chi connectivity index (χ1n) is 5.71. The fourth-order valence-electron chi connectivity index (χ4n) is 1.62. The SMILES string of the molecule is Cc1cccc(NC(=O)Nc2cccnc2C)c1. The lowest BCUT2D eigenvalue weighted by Crippen LogP contribution is -2.20. The number of hydrogen-bond donors (Lipinski definition) is 2. The van der Waals surface area contributed by atoms with E-state index in [1.54, 1.807) is 12.3 Å². The minimum atomic E-state index is -0.267. The number of urea groups is 1. The van der Waals surface area contributed by atoms with E-state index in [0.29, 0.717) is 5.69 Å². The molecule has 1 aromatic carbocycles. The van der Waals surface area contributed by atoms with Gasteiger partial charge in [0, 0.05) is 11.9 Å². The third-order valence-corrected chi connectivity index (χ3v) is 2.53. The molecular weight excluding hydrogens is 226 g/mol. The van der Waals surface area contributed by atoms with Crippen LogP contribution in [-0.2, 0) is 0 Å². The van der Waals surface area contributed by atoms with Gasteiger partial charge in [-0.2, -0.15) is 0 Å². The average molecular weight is 241 g/mol. The summed E-state index contributed by atoms with van der Waals surface area (Å²) in [5, 5.41) is 5.55. The number of hydrogen-bond acceptors (Lipinski definition) is 2. The lowest BCUT2D eigenvalue weighted by atomic mass is 10.2. The highest BCUT2D eigenvalue weighted by Crippen LogP contribution is 2.13. The molecule has 0 saturated carbocycles. The van der Waals surface area contributed by atoms with Crippen molar-refractivity contribution in [1.82, 2.24) is 4.98 Å². The van der Waals surface area contributed by atoms with Gasteiger partial charge in [-0.25, -0.2) is 4.79 Å². The fraction of sp³-hybridized carbons (Fsp3) is 0.143. The maximum Gasteiger partial charge on any atom is 0.323 e. The summed E-state index contributed by atoms with van der Waals surface area (Å²) in [6.45, 7) is 3.83. The Morgan fingerprint density at radius 3 is 2.67 bits per heavy atom. The molecule has 0 bridgehead atoms. The highest BCUT2D eigenvalue weighted by atomic mass is 16.2. The topological polar surface area (TPSA) is 54.0 Å². The van der Waals surface area contributed by atoms with Crippen LogP contribution in [0.2, 0.25) is 0 Å². The standard InChI is InChI=1S/C14H15N3O/c1-10-5-3-6-12(9-10)16-14(18)17-13-7-4-8-15-11(13)2/h3-9H,1-2H3,(H2,16,17,18). The largest absolute Gasteiger partial charge is 0.323 e. The molecule has 2 amide bonds. The molecule has 18 heavy (non-hydrogen) atoms. The summed E-state index contributed by atoms with van der Waals surface area (Å²) in [5.74, 6) is 0. The number of carbonyl (C=O) groups is 1. The second-order valence-electron chi connectivity index (χ2n) is 4.08. The zero-order valence-electron chi connectivity index (χ0n) is 10.4. The van der Waals surface area contributed by atoms with Crippen LogP contribution in [0, 0.1) is 13.8 Å². The number of nitrogens with zero attached hydrogens (tertiary/aromatic N) is 1. The Kier molecular flexibility index (Phi) is 3.57. The van der Waals surface area contributed by atoms with Crippen LogP contribution >= 0.6 is 0 Å². The van der Waals surface area contributed by atoms with Gasteiger partial charge < -0.3 is 10.6 Å². The van der Waals surface area contributed by atoms with Crippen LogP contribution in [0.4, 0.5) is 16.2 Å². The van der Waals surface area contributed by atoms with Gasteiger partial charge in [-0.3, -0.25) is 4.98 Å². The molecule has 4 heteroatoms. The van der Waals surface area contributed by atoms with Crippen molar-refractivity contribution < 1.29 is 4.79 Å². The summed E-state index contributed by atoms with van der Waals surface area (Å²) in [4.78, 5) is 15.9. The highest BCUT2D eigenvalue weighted by Gasteiger charge is 2.04. The maximum absolute atomic E-state index is 11.8. The number of rotatable bonds is 2. The number of carbonyl (C=O) groups excluding carboxylic acids is 1. The molecular formula is C14H15N3O. The zero-order valence-corrected chi connectivity index (χ0v) is 10.4. The smallest absolute Gasteiger partial charge is 0.308 e. The average Bonchev–Trinajstić information content (AvgIpc) is 2.32.